The molecule has 13 N–H and O–H groups in total. The molecule has 3 aromatic rings. The van der Waals surface area contributed by atoms with Gasteiger partial charge in [0.2, 0.25) is 6.10 Å². The van der Waals surface area contributed by atoms with Gasteiger partial charge in [0.05, 0.1) is 0 Å². The maximum Gasteiger partial charge on any atom is 0.352 e. The number of carboxylic acids is 2. The molecule has 0 radical (unpaired) electrons. The summed E-state index contributed by atoms with van der Waals surface area (Å²) in [6, 6.07) is 1.96. The predicted molar refractivity (Wildman–Crippen MR) is 170 cm³/mol. The summed E-state index contributed by atoms with van der Waals surface area (Å²) in [5, 5.41) is 46.0. The van der Waals surface area contributed by atoms with Gasteiger partial charge in [0.25, 0.3) is 11.8 Å². The fourth-order valence-corrected chi connectivity index (χ4v) is 7.25. The third-order valence-corrected chi connectivity index (χ3v) is 9.60. The normalized spacial score (nSPS) is 18.3. The van der Waals surface area contributed by atoms with Crippen molar-refractivity contribution >= 4 is 86.8 Å². The Morgan fingerprint density at radius 1 is 1.11 bits per heavy atom. The van der Waals surface area contributed by atoms with E-state index in [2.05, 4.69) is 25.4 Å². The Bertz CT molecular complexity index is 1840. The molecule has 3 atom stereocenters. The van der Waals surface area contributed by atoms with Crippen molar-refractivity contribution in [2.45, 2.75) is 22.7 Å². The lowest BCUT2D eigenvalue weighted by Crippen LogP contribution is -2.71. The molecule has 2 aliphatic rings. The quantitative estimate of drug-likeness (QED) is 0.0310. The molecule has 19 nitrogen and oxygen atoms in total. The largest absolute Gasteiger partial charge is 0.504 e. The molecule has 47 heavy (non-hydrogen) atoms. The molecule has 22 heteroatoms. The number of aromatic hydroxyl groups is 2. The maximum absolute atomic E-state index is 13.4. The van der Waals surface area contributed by atoms with E-state index in [0.717, 1.165) is 40.1 Å². The number of aromatic nitrogens is 3. The van der Waals surface area contributed by atoms with Gasteiger partial charge in [-0.3, -0.25) is 14.5 Å². The van der Waals surface area contributed by atoms with Crippen molar-refractivity contribution in [3.05, 3.63) is 46.1 Å². The molecule has 2 aromatic heterocycles. The number of rotatable bonds is 11. The molecule has 1 saturated heterocycles. The maximum atomic E-state index is 13.4. The molecule has 2 amide bonds. The van der Waals surface area contributed by atoms with Gasteiger partial charge in [-0.05, 0) is 17.7 Å². The highest BCUT2D eigenvalue weighted by Gasteiger charge is 2.54. The van der Waals surface area contributed by atoms with Crippen molar-refractivity contribution in [2.75, 3.05) is 34.4 Å². The zero-order valence-electron chi connectivity index (χ0n) is 23.6. The highest BCUT2D eigenvalue weighted by Crippen LogP contribution is 2.41. The van der Waals surface area contributed by atoms with Crippen molar-refractivity contribution < 1.29 is 44.4 Å². The highest BCUT2D eigenvalue weighted by molar-refractivity contribution is 8.01. The lowest BCUT2D eigenvalue weighted by Gasteiger charge is -2.49. The summed E-state index contributed by atoms with van der Waals surface area (Å²) in [5.74, 6) is -5.57. The number of hydrogen-bond acceptors (Lipinski definition) is 18. The average Bonchev–Trinajstić information content (AvgIpc) is 3.45. The van der Waals surface area contributed by atoms with Crippen LogP contribution in [0.2, 0.25) is 0 Å². The topological polar surface area (TPSA) is 329 Å². The van der Waals surface area contributed by atoms with Crippen molar-refractivity contribution in [3.8, 4) is 11.5 Å². The number of hydrogen-bond donors (Lipinski definition) is 9. The number of nitrogens with two attached hydrogens (primary N) is 4. The van der Waals surface area contributed by atoms with E-state index in [1.807, 2.05) is 0 Å². The Morgan fingerprint density at radius 2 is 1.81 bits per heavy atom. The summed E-state index contributed by atoms with van der Waals surface area (Å²) in [4.78, 5) is 69.2. The van der Waals surface area contributed by atoms with Crippen LogP contribution in [0.25, 0.3) is 0 Å². The van der Waals surface area contributed by atoms with Gasteiger partial charge < -0.3 is 53.5 Å². The number of thioether (sulfide) groups is 2. The minimum atomic E-state index is -1.83. The zero-order chi connectivity index (χ0) is 34.2. The van der Waals surface area contributed by atoms with Crippen molar-refractivity contribution in [2.24, 2.45) is 5.16 Å². The molecule has 1 aromatic carbocycles. The standard InChI is InChI=1S/C25H24N10O9S3/c26-12-17(27)32-25(33-18(12)28)47-5-8-4-45-21-14(20(39)35(21)15(8)22(40)41)31-19(38)13(9-6-46-24(29)30-9)34-44-16(23(42)43)7-1-2-10(36)11(37)3-7/h1-3,6,14,16,21,36-37H,4-5,26H2,(H2,29,30)(H,31,38)(H,40,41)(H,42,43)(H4,27,28,32,33)/t14?,16-,21+/m1/s1. The molecule has 1 fully saturated rings. The van der Waals surface area contributed by atoms with Crippen LogP contribution in [0.3, 0.4) is 0 Å². The first-order chi connectivity index (χ1) is 22.3. The fraction of sp³-hybridized carbons (Fsp3) is 0.200. The van der Waals surface area contributed by atoms with Crippen LogP contribution >= 0.6 is 34.9 Å². The van der Waals surface area contributed by atoms with E-state index >= 15 is 0 Å². The SMILES string of the molecule is Nc1nc(C(=NO[C@@H](C(=O)O)c2ccc(O)c(O)c2)C(=O)NC2C(=O)N3C(C(=O)O)=C(CSc4nc(N)c(N)c(N)n4)CS[C@@H]23)cs1. The molecule has 0 aliphatic carbocycles. The molecule has 4 heterocycles. The van der Waals surface area contributed by atoms with Gasteiger partial charge in [-0.2, -0.15) is 0 Å². The van der Waals surface area contributed by atoms with E-state index in [-0.39, 0.29) is 56.1 Å². The van der Waals surface area contributed by atoms with Gasteiger partial charge in [0.1, 0.15) is 28.5 Å². The molecular weight excluding hydrogens is 681 g/mol. The third-order valence-electron chi connectivity index (χ3n) is 6.65. The minimum absolute atomic E-state index is 0.0208. The Morgan fingerprint density at radius 3 is 2.40 bits per heavy atom. The third kappa shape index (κ3) is 6.59. The number of carbonyl (C=O) groups is 4. The molecule has 2 aliphatic heterocycles. The predicted octanol–water partition coefficient (Wildman–Crippen LogP) is -0.249. The van der Waals surface area contributed by atoms with Crippen LogP contribution < -0.4 is 28.3 Å². The Kier molecular flexibility index (Phi) is 9.17. The first-order valence-corrected chi connectivity index (χ1v) is 15.9. The number of carboxylic acid groups (broad SMARTS) is 2. The summed E-state index contributed by atoms with van der Waals surface area (Å²) < 4.78 is 0. The second-order valence-electron chi connectivity index (χ2n) is 9.68. The number of nitrogen functional groups attached to an aromatic ring is 4. The number of fused-ring (bicyclic) bond motifs is 1. The van der Waals surface area contributed by atoms with Crippen LogP contribution in [-0.2, 0) is 24.0 Å². The summed E-state index contributed by atoms with van der Waals surface area (Å²) in [6.07, 6.45) is -1.83. The summed E-state index contributed by atoms with van der Waals surface area (Å²) >= 11 is 3.19. The van der Waals surface area contributed by atoms with E-state index in [1.54, 1.807) is 0 Å². The zero-order valence-corrected chi connectivity index (χ0v) is 26.0. The van der Waals surface area contributed by atoms with Gasteiger partial charge >= 0.3 is 11.9 Å². The Hall–Kier alpha value is -5.48. The molecule has 0 spiro atoms. The van der Waals surface area contributed by atoms with Gasteiger partial charge in [0, 0.05) is 22.4 Å². The number of phenols is 2. The summed E-state index contributed by atoms with van der Waals surface area (Å²) in [5.41, 5.74) is 22.2. The first-order valence-electron chi connectivity index (χ1n) is 13.0. The van der Waals surface area contributed by atoms with Crippen LogP contribution in [0.1, 0.15) is 17.4 Å². The van der Waals surface area contributed by atoms with Crippen LogP contribution in [0, 0.1) is 0 Å². The Balaban J connectivity index is 1.35. The van der Waals surface area contributed by atoms with E-state index in [4.69, 9.17) is 27.8 Å². The lowest BCUT2D eigenvalue weighted by atomic mass is 10.0. The second-order valence-corrected chi connectivity index (χ2v) is 12.6. The fourth-order valence-electron chi connectivity index (χ4n) is 4.36. The van der Waals surface area contributed by atoms with Crippen LogP contribution in [0.4, 0.5) is 22.5 Å². The number of β-lactam (4-membered cyclic amide) rings is 1. The number of anilines is 4. The number of aliphatic carboxylic acids is 2. The average molecular weight is 705 g/mol. The number of amides is 2. The number of nitrogens with zero attached hydrogens (tertiary/aromatic N) is 5. The van der Waals surface area contributed by atoms with Gasteiger partial charge in [-0.15, -0.1) is 23.1 Å². The van der Waals surface area contributed by atoms with E-state index in [1.165, 1.54) is 23.2 Å². The minimum Gasteiger partial charge on any atom is -0.504 e. The van der Waals surface area contributed by atoms with Crippen LogP contribution in [-0.4, -0.2) is 92.7 Å². The monoisotopic (exact) mass is 704 g/mol. The van der Waals surface area contributed by atoms with Crippen molar-refractivity contribution in [1.82, 2.24) is 25.2 Å². The van der Waals surface area contributed by atoms with Gasteiger partial charge in [0.15, 0.2) is 39.1 Å². The first kappa shape index (κ1) is 32.9. The number of phenolic OH excluding ortho intramolecular Hbond substituents is 2. The number of benzene rings is 1. The molecule has 246 valence electrons. The highest BCUT2D eigenvalue weighted by atomic mass is 32.2. The molecular formula is C25H24N10O9S3. The lowest BCUT2D eigenvalue weighted by molar-refractivity contribution is -0.151. The van der Waals surface area contributed by atoms with E-state index in [9.17, 15) is 39.6 Å². The van der Waals surface area contributed by atoms with E-state index in [0.29, 0.717) is 5.57 Å². The van der Waals surface area contributed by atoms with Gasteiger partial charge in [-0.1, -0.05) is 23.0 Å². The van der Waals surface area contributed by atoms with Crippen molar-refractivity contribution in [3.63, 3.8) is 0 Å². The summed E-state index contributed by atoms with van der Waals surface area (Å²) in [6.45, 7) is 0. The smallest absolute Gasteiger partial charge is 0.352 e. The van der Waals surface area contributed by atoms with Crippen LogP contribution in [0.15, 0.2) is 45.2 Å². The Labute approximate surface area is 275 Å². The number of nitrogens with one attached hydrogen (secondary N) is 1. The summed E-state index contributed by atoms with van der Waals surface area (Å²) in [7, 11) is 0. The number of carbonyl (C=O) groups excluding carboxylic acids is 2. The molecule has 0 saturated carbocycles. The molecule has 0 bridgehead atoms. The molecule has 5 rings (SSSR count). The van der Waals surface area contributed by atoms with Crippen molar-refractivity contribution in [1.29, 1.82) is 0 Å². The number of thiazole rings is 1. The second kappa shape index (κ2) is 13.1. The van der Waals surface area contributed by atoms with Crippen LogP contribution in [0.5, 0.6) is 11.5 Å². The van der Waals surface area contributed by atoms with Gasteiger partial charge in [-0.25, -0.2) is 24.5 Å². The van der Waals surface area contributed by atoms with E-state index < -0.39 is 58.5 Å². The molecule has 1 unspecified atom stereocenters. The number of oxime groups is 1.